The van der Waals surface area contributed by atoms with Crippen LogP contribution in [0.1, 0.15) is 38.2 Å². The van der Waals surface area contributed by atoms with E-state index in [4.69, 9.17) is 0 Å². The maximum absolute atomic E-state index is 12.9. The van der Waals surface area contributed by atoms with Crippen molar-refractivity contribution in [3.8, 4) is 0 Å². The summed E-state index contributed by atoms with van der Waals surface area (Å²) in [5, 5.41) is 3.87. The predicted octanol–water partition coefficient (Wildman–Crippen LogP) is 4.70. The van der Waals surface area contributed by atoms with Gasteiger partial charge in [-0.1, -0.05) is 31.7 Å². The fraction of sp³-hybridized carbons (Fsp3) is 0.286. The summed E-state index contributed by atoms with van der Waals surface area (Å²) < 4.78 is 12.9. The topological polar surface area (TPSA) is 74.8 Å². The first-order valence-corrected chi connectivity index (χ1v) is 10.1. The molecule has 0 aliphatic carbocycles. The number of halogens is 1. The standard InChI is InChI=1S/C21H22FN3O2S/c1-13(2)14-5-10-18-17(12-14)20(27)25-21(24-18)28-11-3-4-19(26)23-16-8-6-15(22)7-9-16/h5-10,12-13H,3-4,11H2,1-2H3,(H,23,26)(H,24,25,27). The van der Waals surface area contributed by atoms with Gasteiger partial charge >= 0.3 is 0 Å². The molecular weight excluding hydrogens is 377 g/mol. The highest BCUT2D eigenvalue weighted by molar-refractivity contribution is 7.99. The van der Waals surface area contributed by atoms with Crippen LogP contribution in [0.5, 0.6) is 0 Å². The third-order valence-corrected chi connectivity index (χ3v) is 5.25. The number of hydrogen-bond acceptors (Lipinski definition) is 4. The minimum atomic E-state index is -0.341. The summed E-state index contributed by atoms with van der Waals surface area (Å²) in [5.41, 5.74) is 2.20. The molecule has 0 bridgehead atoms. The van der Waals surface area contributed by atoms with Gasteiger partial charge in [0, 0.05) is 17.9 Å². The molecule has 0 saturated heterocycles. The van der Waals surface area contributed by atoms with Crippen LogP contribution in [0.3, 0.4) is 0 Å². The molecule has 0 unspecified atom stereocenters. The van der Waals surface area contributed by atoms with Crippen LogP contribution in [0.25, 0.3) is 10.9 Å². The summed E-state index contributed by atoms with van der Waals surface area (Å²) in [6.45, 7) is 4.17. The number of H-pyrrole nitrogens is 1. The quantitative estimate of drug-likeness (QED) is 0.343. The van der Waals surface area contributed by atoms with Crippen LogP contribution in [0.15, 0.2) is 52.4 Å². The molecule has 5 nitrogen and oxygen atoms in total. The maximum Gasteiger partial charge on any atom is 0.259 e. The van der Waals surface area contributed by atoms with Gasteiger partial charge in [0.1, 0.15) is 5.82 Å². The molecule has 0 aliphatic rings. The second-order valence-corrected chi connectivity index (χ2v) is 7.89. The van der Waals surface area contributed by atoms with E-state index in [-0.39, 0.29) is 17.3 Å². The first-order valence-electron chi connectivity index (χ1n) is 9.14. The molecule has 0 radical (unpaired) electrons. The van der Waals surface area contributed by atoms with Gasteiger partial charge in [-0.2, -0.15) is 0 Å². The van der Waals surface area contributed by atoms with Crippen LogP contribution < -0.4 is 10.9 Å². The van der Waals surface area contributed by atoms with Crippen LogP contribution in [0, 0.1) is 5.82 Å². The van der Waals surface area contributed by atoms with E-state index < -0.39 is 0 Å². The van der Waals surface area contributed by atoms with Crippen LogP contribution in [-0.2, 0) is 4.79 Å². The number of aromatic nitrogens is 2. The molecule has 0 fully saturated rings. The Kier molecular flexibility index (Phi) is 6.46. The van der Waals surface area contributed by atoms with Crippen LogP contribution in [0.2, 0.25) is 0 Å². The van der Waals surface area contributed by atoms with Crippen molar-refractivity contribution in [2.45, 2.75) is 37.8 Å². The van der Waals surface area contributed by atoms with Gasteiger partial charge in [0.2, 0.25) is 5.91 Å². The minimum absolute atomic E-state index is 0.131. The third-order valence-electron chi connectivity index (χ3n) is 4.29. The molecule has 3 aromatic rings. The molecule has 0 spiro atoms. The summed E-state index contributed by atoms with van der Waals surface area (Å²) in [5.74, 6) is 0.522. The van der Waals surface area contributed by atoms with E-state index in [1.165, 1.54) is 36.0 Å². The number of nitrogens with zero attached hydrogens (tertiary/aromatic N) is 1. The summed E-state index contributed by atoms with van der Waals surface area (Å²) in [4.78, 5) is 31.6. The Hall–Kier alpha value is -2.67. The molecule has 146 valence electrons. The second-order valence-electron chi connectivity index (χ2n) is 6.81. The van der Waals surface area contributed by atoms with Crippen LogP contribution in [0.4, 0.5) is 10.1 Å². The zero-order chi connectivity index (χ0) is 20.1. The summed E-state index contributed by atoms with van der Waals surface area (Å²) in [6, 6.07) is 11.4. The number of carbonyl (C=O) groups is 1. The zero-order valence-electron chi connectivity index (χ0n) is 15.8. The van der Waals surface area contributed by atoms with Gasteiger partial charge in [-0.05, 0) is 54.3 Å². The van der Waals surface area contributed by atoms with Crippen molar-refractivity contribution in [2.24, 2.45) is 0 Å². The Morgan fingerprint density at radius 2 is 1.96 bits per heavy atom. The summed E-state index contributed by atoms with van der Waals surface area (Å²) >= 11 is 1.41. The predicted molar refractivity (Wildman–Crippen MR) is 111 cm³/mol. The Morgan fingerprint density at radius 1 is 1.21 bits per heavy atom. The number of fused-ring (bicyclic) bond motifs is 1. The van der Waals surface area contributed by atoms with Gasteiger partial charge in [0.05, 0.1) is 10.9 Å². The largest absolute Gasteiger partial charge is 0.326 e. The molecule has 0 saturated carbocycles. The minimum Gasteiger partial charge on any atom is -0.326 e. The zero-order valence-corrected chi connectivity index (χ0v) is 16.6. The Bertz CT molecular complexity index is 1030. The van der Waals surface area contributed by atoms with E-state index in [1.54, 1.807) is 0 Å². The molecule has 28 heavy (non-hydrogen) atoms. The number of amides is 1. The van der Waals surface area contributed by atoms with Crippen molar-refractivity contribution in [1.82, 2.24) is 9.97 Å². The SMILES string of the molecule is CC(C)c1ccc2nc(SCCCC(=O)Nc3ccc(F)cc3)[nH]c(=O)c2c1. The van der Waals surface area contributed by atoms with Crippen molar-refractivity contribution in [1.29, 1.82) is 0 Å². The lowest BCUT2D eigenvalue weighted by atomic mass is 10.0. The molecule has 7 heteroatoms. The second kappa shape index (κ2) is 9.01. The Morgan fingerprint density at radius 3 is 2.68 bits per heavy atom. The highest BCUT2D eigenvalue weighted by Crippen LogP contribution is 2.20. The van der Waals surface area contributed by atoms with Crippen molar-refractivity contribution < 1.29 is 9.18 Å². The Balaban J connectivity index is 1.53. The number of nitrogens with one attached hydrogen (secondary N) is 2. The molecular formula is C21H22FN3O2S. The molecule has 0 atom stereocenters. The molecule has 2 N–H and O–H groups in total. The fourth-order valence-electron chi connectivity index (χ4n) is 2.72. The number of hydrogen-bond donors (Lipinski definition) is 2. The van der Waals surface area contributed by atoms with E-state index in [0.717, 1.165) is 5.56 Å². The number of rotatable bonds is 7. The summed E-state index contributed by atoms with van der Waals surface area (Å²) in [7, 11) is 0. The first-order chi connectivity index (χ1) is 13.4. The maximum atomic E-state index is 12.9. The van der Waals surface area contributed by atoms with Crippen molar-refractivity contribution in [3.63, 3.8) is 0 Å². The number of carbonyl (C=O) groups excluding carboxylic acids is 1. The number of benzene rings is 2. The van der Waals surface area contributed by atoms with Crippen molar-refractivity contribution >= 4 is 34.3 Å². The van der Waals surface area contributed by atoms with Gasteiger partial charge < -0.3 is 10.3 Å². The molecule has 3 rings (SSSR count). The number of aromatic amines is 1. The van der Waals surface area contributed by atoms with Crippen LogP contribution >= 0.6 is 11.8 Å². The van der Waals surface area contributed by atoms with E-state index in [0.29, 0.717) is 46.3 Å². The Labute approximate surface area is 166 Å². The van der Waals surface area contributed by atoms with Gasteiger partial charge in [0.15, 0.2) is 5.16 Å². The van der Waals surface area contributed by atoms with Crippen molar-refractivity contribution in [2.75, 3.05) is 11.1 Å². The van der Waals surface area contributed by atoms with Gasteiger partial charge in [-0.15, -0.1) is 0 Å². The van der Waals surface area contributed by atoms with Crippen LogP contribution in [-0.4, -0.2) is 21.6 Å². The lowest BCUT2D eigenvalue weighted by Crippen LogP contribution is -2.12. The van der Waals surface area contributed by atoms with E-state index in [9.17, 15) is 14.0 Å². The molecule has 1 aromatic heterocycles. The molecule has 2 aromatic carbocycles. The average molecular weight is 399 g/mol. The number of anilines is 1. The summed E-state index contributed by atoms with van der Waals surface area (Å²) in [6.07, 6.45) is 0.964. The lowest BCUT2D eigenvalue weighted by molar-refractivity contribution is -0.116. The molecule has 0 aliphatic heterocycles. The van der Waals surface area contributed by atoms with Gasteiger partial charge in [0.25, 0.3) is 5.56 Å². The van der Waals surface area contributed by atoms with Gasteiger partial charge in [-0.3, -0.25) is 9.59 Å². The smallest absolute Gasteiger partial charge is 0.259 e. The number of thioether (sulfide) groups is 1. The highest BCUT2D eigenvalue weighted by Gasteiger charge is 2.08. The molecule has 1 heterocycles. The molecule has 1 amide bonds. The fourth-order valence-corrected chi connectivity index (χ4v) is 3.53. The third kappa shape index (κ3) is 5.19. The van der Waals surface area contributed by atoms with Gasteiger partial charge in [-0.25, -0.2) is 9.37 Å². The highest BCUT2D eigenvalue weighted by atomic mass is 32.2. The van der Waals surface area contributed by atoms with E-state index in [2.05, 4.69) is 29.1 Å². The monoisotopic (exact) mass is 399 g/mol. The van der Waals surface area contributed by atoms with Crippen molar-refractivity contribution in [3.05, 3.63) is 64.2 Å². The normalized spacial score (nSPS) is 11.1. The first kappa shape index (κ1) is 20.1. The van der Waals surface area contributed by atoms with E-state index >= 15 is 0 Å². The average Bonchev–Trinajstić information content (AvgIpc) is 2.67. The van der Waals surface area contributed by atoms with E-state index in [1.807, 2.05) is 18.2 Å². The lowest BCUT2D eigenvalue weighted by Gasteiger charge is -2.07.